The molecule has 0 aliphatic heterocycles. The van der Waals surface area contributed by atoms with E-state index in [1.165, 1.54) is 7.11 Å². The summed E-state index contributed by atoms with van der Waals surface area (Å²) in [7, 11) is 3.05. The Labute approximate surface area is 95.5 Å². The number of methoxy groups -OCH3 is 2. The van der Waals surface area contributed by atoms with Crippen LogP contribution in [0.2, 0.25) is 0 Å². The van der Waals surface area contributed by atoms with Gasteiger partial charge in [-0.05, 0) is 34.7 Å². The van der Waals surface area contributed by atoms with Crippen molar-refractivity contribution in [1.82, 2.24) is 0 Å². The van der Waals surface area contributed by atoms with Gasteiger partial charge in [-0.1, -0.05) is 0 Å². The Morgan fingerprint density at radius 1 is 1.36 bits per heavy atom. The van der Waals surface area contributed by atoms with Crippen molar-refractivity contribution in [2.75, 3.05) is 14.2 Å². The van der Waals surface area contributed by atoms with E-state index in [-0.39, 0.29) is 0 Å². The predicted molar refractivity (Wildman–Crippen MR) is 60.8 cm³/mol. The van der Waals surface area contributed by atoms with E-state index >= 15 is 0 Å². The molecule has 5 heteroatoms. The molecule has 76 valence electrons. The van der Waals surface area contributed by atoms with Crippen LogP contribution >= 0.6 is 22.6 Å². The van der Waals surface area contributed by atoms with Crippen LogP contribution in [-0.4, -0.2) is 20.1 Å². The van der Waals surface area contributed by atoms with Gasteiger partial charge in [0, 0.05) is 0 Å². The number of ether oxygens (including phenoxy) is 2. The first-order valence-electron chi connectivity index (χ1n) is 3.82. The molecule has 0 unspecified atom stereocenters. The molecule has 0 atom stereocenters. The van der Waals surface area contributed by atoms with Crippen molar-refractivity contribution >= 4 is 28.5 Å². The van der Waals surface area contributed by atoms with Crippen molar-refractivity contribution in [3.8, 4) is 11.5 Å². The maximum Gasteiger partial charge on any atom is 0.252 e. The van der Waals surface area contributed by atoms with Crippen LogP contribution in [0.1, 0.15) is 10.4 Å². The Morgan fingerprint density at radius 3 is 2.43 bits per heavy atom. The quantitative estimate of drug-likeness (QED) is 0.859. The molecule has 2 N–H and O–H groups in total. The van der Waals surface area contributed by atoms with Crippen molar-refractivity contribution < 1.29 is 14.3 Å². The fraction of sp³-hybridized carbons (Fsp3) is 0.222. The van der Waals surface area contributed by atoms with E-state index in [9.17, 15) is 4.79 Å². The first-order valence-corrected chi connectivity index (χ1v) is 4.90. The lowest BCUT2D eigenvalue weighted by Gasteiger charge is -2.10. The van der Waals surface area contributed by atoms with Crippen LogP contribution in [0.3, 0.4) is 0 Å². The number of benzene rings is 1. The summed E-state index contributed by atoms with van der Waals surface area (Å²) >= 11 is 2.04. The summed E-state index contributed by atoms with van der Waals surface area (Å²) in [5.41, 5.74) is 5.55. The number of nitrogens with two attached hydrogens (primary N) is 1. The Kier molecular flexibility index (Phi) is 3.56. The summed E-state index contributed by atoms with van der Waals surface area (Å²) < 4.78 is 10.9. The molecule has 0 aliphatic rings. The highest BCUT2D eigenvalue weighted by Crippen LogP contribution is 2.32. The summed E-state index contributed by atoms with van der Waals surface area (Å²) in [5.74, 6) is 0.604. The van der Waals surface area contributed by atoms with Crippen LogP contribution < -0.4 is 15.2 Å². The molecular weight excluding hydrogens is 297 g/mol. The van der Waals surface area contributed by atoms with Gasteiger partial charge < -0.3 is 15.2 Å². The molecule has 0 heterocycles. The minimum absolute atomic E-state index is 0.359. The van der Waals surface area contributed by atoms with Crippen molar-refractivity contribution in [2.45, 2.75) is 0 Å². The molecule has 4 nitrogen and oxygen atoms in total. The van der Waals surface area contributed by atoms with Gasteiger partial charge in [0.1, 0.15) is 11.5 Å². The SMILES string of the molecule is COc1ccc(C(N)=O)c(OC)c1I. The highest BCUT2D eigenvalue weighted by atomic mass is 127. The molecule has 14 heavy (non-hydrogen) atoms. The molecule has 0 radical (unpaired) electrons. The molecule has 0 aromatic heterocycles. The first-order chi connectivity index (χ1) is 6.61. The zero-order valence-electron chi connectivity index (χ0n) is 7.83. The summed E-state index contributed by atoms with van der Waals surface area (Å²) in [6, 6.07) is 3.27. The predicted octanol–water partition coefficient (Wildman–Crippen LogP) is 1.41. The minimum Gasteiger partial charge on any atom is -0.496 e. The highest BCUT2D eigenvalue weighted by Gasteiger charge is 2.15. The maximum atomic E-state index is 11.0. The van der Waals surface area contributed by atoms with Crippen LogP contribution in [0.25, 0.3) is 0 Å². The minimum atomic E-state index is -0.512. The van der Waals surface area contributed by atoms with Crippen LogP contribution in [-0.2, 0) is 0 Å². The Hall–Kier alpha value is -0.980. The summed E-state index contributed by atoms with van der Waals surface area (Å²) in [4.78, 5) is 11.0. The molecule has 0 saturated heterocycles. The molecule has 1 amide bonds. The fourth-order valence-corrected chi connectivity index (χ4v) is 2.00. The van der Waals surface area contributed by atoms with Crippen LogP contribution in [0.5, 0.6) is 11.5 Å². The van der Waals surface area contributed by atoms with Gasteiger partial charge >= 0.3 is 0 Å². The number of carbonyl (C=O) groups is 1. The lowest BCUT2D eigenvalue weighted by atomic mass is 10.2. The van der Waals surface area contributed by atoms with Gasteiger partial charge in [-0.2, -0.15) is 0 Å². The average Bonchev–Trinajstić information content (AvgIpc) is 2.17. The van der Waals surface area contributed by atoms with Gasteiger partial charge in [0.2, 0.25) is 0 Å². The van der Waals surface area contributed by atoms with E-state index in [1.54, 1.807) is 19.2 Å². The number of hydrogen-bond acceptors (Lipinski definition) is 3. The van der Waals surface area contributed by atoms with Crippen molar-refractivity contribution in [3.63, 3.8) is 0 Å². The van der Waals surface area contributed by atoms with E-state index in [1.807, 2.05) is 22.6 Å². The van der Waals surface area contributed by atoms with Crippen LogP contribution in [0, 0.1) is 3.57 Å². The largest absolute Gasteiger partial charge is 0.496 e. The fourth-order valence-electron chi connectivity index (χ4n) is 1.09. The summed E-state index contributed by atoms with van der Waals surface area (Å²) in [6.07, 6.45) is 0. The van der Waals surface area contributed by atoms with Gasteiger partial charge in [0.15, 0.2) is 0 Å². The maximum absolute atomic E-state index is 11.0. The summed E-state index contributed by atoms with van der Waals surface area (Å²) in [5, 5.41) is 0. The van der Waals surface area contributed by atoms with Crippen LogP contribution in [0.4, 0.5) is 0 Å². The Bertz CT molecular complexity index is 365. The van der Waals surface area contributed by atoms with Gasteiger partial charge in [0.25, 0.3) is 5.91 Å². The number of carbonyl (C=O) groups excluding carboxylic acids is 1. The molecular formula is C9H10INO3. The summed E-state index contributed by atoms with van der Waals surface area (Å²) in [6.45, 7) is 0. The van der Waals surface area contributed by atoms with Crippen molar-refractivity contribution in [2.24, 2.45) is 5.73 Å². The normalized spacial score (nSPS) is 9.64. The second-order valence-electron chi connectivity index (χ2n) is 2.53. The van der Waals surface area contributed by atoms with Gasteiger partial charge in [0.05, 0.1) is 23.4 Å². The monoisotopic (exact) mass is 307 g/mol. The molecule has 1 aromatic carbocycles. The van der Waals surface area contributed by atoms with Gasteiger partial charge in [-0.3, -0.25) is 4.79 Å². The zero-order valence-corrected chi connectivity index (χ0v) is 9.99. The lowest BCUT2D eigenvalue weighted by molar-refractivity contribution is 0.0997. The van der Waals surface area contributed by atoms with Crippen LogP contribution in [0.15, 0.2) is 12.1 Å². The van der Waals surface area contributed by atoms with E-state index in [0.717, 1.165) is 3.57 Å². The van der Waals surface area contributed by atoms with Crippen molar-refractivity contribution in [3.05, 3.63) is 21.3 Å². The lowest BCUT2D eigenvalue weighted by Crippen LogP contribution is -2.13. The standard InChI is InChI=1S/C9H10INO3/c1-13-6-4-3-5(9(11)12)8(14-2)7(6)10/h3-4H,1-2H3,(H2,11,12). The second-order valence-corrected chi connectivity index (χ2v) is 3.61. The Balaban J connectivity index is 3.35. The van der Waals surface area contributed by atoms with Crippen molar-refractivity contribution in [1.29, 1.82) is 0 Å². The van der Waals surface area contributed by atoms with Gasteiger partial charge in [-0.15, -0.1) is 0 Å². The number of primary amides is 1. The smallest absolute Gasteiger partial charge is 0.252 e. The van der Waals surface area contributed by atoms with E-state index in [4.69, 9.17) is 15.2 Å². The topological polar surface area (TPSA) is 61.5 Å². The van der Waals surface area contributed by atoms with E-state index in [2.05, 4.69) is 0 Å². The third-order valence-electron chi connectivity index (χ3n) is 1.75. The number of rotatable bonds is 3. The molecule has 0 saturated carbocycles. The van der Waals surface area contributed by atoms with E-state index in [0.29, 0.717) is 17.1 Å². The molecule has 1 aromatic rings. The molecule has 0 spiro atoms. The zero-order chi connectivity index (χ0) is 10.7. The highest BCUT2D eigenvalue weighted by molar-refractivity contribution is 14.1. The first kappa shape index (κ1) is 11.1. The second kappa shape index (κ2) is 4.50. The number of hydrogen-bond donors (Lipinski definition) is 1. The third kappa shape index (κ3) is 1.92. The molecule has 0 fully saturated rings. The average molecular weight is 307 g/mol. The number of halogens is 1. The molecule has 0 bridgehead atoms. The van der Waals surface area contributed by atoms with E-state index < -0.39 is 5.91 Å². The molecule has 0 aliphatic carbocycles. The third-order valence-corrected chi connectivity index (χ3v) is 2.77. The Morgan fingerprint density at radius 2 is 2.00 bits per heavy atom. The molecule has 1 rings (SSSR count). The number of amides is 1. The van der Waals surface area contributed by atoms with Gasteiger partial charge in [-0.25, -0.2) is 0 Å².